The molecule has 0 radical (unpaired) electrons. The number of nitrogens with zero attached hydrogens (tertiary/aromatic N) is 2. The lowest BCUT2D eigenvalue weighted by molar-refractivity contribution is 0.0675. The number of hydrogen-bond donors (Lipinski definition) is 2. The highest BCUT2D eigenvalue weighted by atomic mass is 16.2. The van der Waals surface area contributed by atoms with Gasteiger partial charge in [-0.2, -0.15) is 5.10 Å². The standard InChI is InChI=1S/C18H24N4O/c1-12-3-5-15(6-4-12)16-11-17(21-20-16)18(23)22-9-7-14(8-10-22)13(2)19/h3-6,11,13-14H,7-10,19H2,1-2H3,(H,20,21). The van der Waals surface area contributed by atoms with E-state index in [0.29, 0.717) is 11.6 Å². The van der Waals surface area contributed by atoms with E-state index in [1.807, 2.05) is 42.2 Å². The molecule has 1 amide bonds. The van der Waals surface area contributed by atoms with Crippen molar-refractivity contribution in [2.75, 3.05) is 13.1 Å². The maximum Gasteiger partial charge on any atom is 0.271 e. The Morgan fingerprint density at radius 3 is 2.57 bits per heavy atom. The number of nitrogens with two attached hydrogens (primary N) is 1. The topological polar surface area (TPSA) is 75.0 Å². The molecule has 0 spiro atoms. The molecule has 0 bridgehead atoms. The van der Waals surface area contributed by atoms with Crippen molar-refractivity contribution in [1.82, 2.24) is 15.1 Å². The monoisotopic (exact) mass is 312 g/mol. The van der Waals surface area contributed by atoms with Gasteiger partial charge in [0.1, 0.15) is 5.69 Å². The van der Waals surface area contributed by atoms with Crippen molar-refractivity contribution in [2.45, 2.75) is 32.7 Å². The van der Waals surface area contributed by atoms with Crippen LogP contribution in [0.3, 0.4) is 0 Å². The third-order valence-electron chi connectivity index (χ3n) is 4.73. The normalized spacial score (nSPS) is 17.3. The van der Waals surface area contributed by atoms with Crippen molar-refractivity contribution >= 4 is 5.91 Å². The first-order chi connectivity index (χ1) is 11.0. The summed E-state index contributed by atoms with van der Waals surface area (Å²) in [4.78, 5) is 14.5. The van der Waals surface area contributed by atoms with E-state index in [2.05, 4.69) is 17.1 Å². The molecule has 1 aliphatic rings. The number of H-pyrrole nitrogens is 1. The van der Waals surface area contributed by atoms with Gasteiger partial charge in [-0.15, -0.1) is 0 Å². The summed E-state index contributed by atoms with van der Waals surface area (Å²) in [7, 11) is 0. The minimum atomic E-state index is 0.0268. The predicted molar refractivity (Wildman–Crippen MR) is 91.0 cm³/mol. The Hall–Kier alpha value is -2.14. The highest BCUT2D eigenvalue weighted by Crippen LogP contribution is 2.22. The highest BCUT2D eigenvalue weighted by molar-refractivity contribution is 5.93. The van der Waals surface area contributed by atoms with Crippen LogP contribution in [0.15, 0.2) is 30.3 Å². The molecule has 0 aliphatic carbocycles. The molecule has 1 aromatic heterocycles. The van der Waals surface area contributed by atoms with Crippen molar-refractivity contribution < 1.29 is 4.79 Å². The molecule has 2 aromatic rings. The Balaban J connectivity index is 1.68. The number of likely N-dealkylation sites (tertiary alicyclic amines) is 1. The van der Waals surface area contributed by atoms with E-state index in [4.69, 9.17) is 5.73 Å². The molecule has 3 N–H and O–H groups in total. The summed E-state index contributed by atoms with van der Waals surface area (Å²) in [5, 5.41) is 7.17. The number of aryl methyl sites for hydroxylation is 1. The van der Waals surface area contributed by atoms with Gasteiger partial charge in [0, 0.05) is 24.7 Å². The van der Waals surface area contributed by atoms with Gasteiger partial charge in [-0.25, -0.2) is 0 Å². The van der Waals surface area contributed by atoms with E-state index in [1.54, 1.807) is 0 Å². The van der Waals surface area contributed by atoms with Crippen LogP contribution < -0.4 is 5.73 Å². The van der Waals surface area contributed by atoms with Crippen LogP contribution in [0.5, 0.6) is 0 Å². The number of nitrogens with one attached hydrogen (secondary N) is 1. The minimum absolute atomic E-state index is 0.0268. The fraction of sp³-hybridized carbons (Fsp3) is 0.444. The lowest BCUT2D eigenvalue weighted by atomic mass is 9.91. The molecule has 1 aromatic carbocycles. The van der Waals surface area contributed by atoms with E-state index in [-0.39, 0.29) is 11.9 Å². The van der Waals surface area contributed by atoms with Crippen LogP contribution in [0.1, 0.15) is 35.8 Å². The maximum atomic E-state index is 12.6. The lowest BCUT2D eigenvalue weighted by Crippen LogP contribution is -2.42. The molecule has 1 saturated heterocycles. The fourth-order valence-corrected chi connectivity index (χ4v) is 3.10. The summed E-state index contributed by atoms with van der Waals surface area (Å²) >= 11 is 0. The van der Waals surface area contributed by atoms with Gasteiger partial charge in [0.2, 0.25) is 0 Å². The summed E-state index contributed by atoms with van der Waals surface area (Å²) in [6.45, 7) is 5.63. The Labute approximate surface area is 136 Å². The predicted octanol–water partition coefficient (Wildman–Crippen LogP) is 2.58. The van der Waals surface area contributed by atoms with Crippen molar-refractivity contribution in [2.24, 2.45) is 11.7 Å². The molecule has 1 fully saturated rings. The fourth-order valence-electron chi connectivity index (χ4n) is 3.10. The number of benzene rings is 1. The third kappa shape index (κ3) is 3.45. The van der Waals surface area contributed by atoms with E-state index < -0.39 is 0 Å². The van der Waals surface area contributed by atoms with Gasteiger partial charge >= 0.3 is 0 Å². The summed E-state index contributed by atoms with van der Waals surface area (Å²) in [6.07, 6.45) is 1.95. The van der Waals surface area contributed by atoms with E-state index >= 15 is 0 Å². The van der Waals surface area contributed by atoms with Gasteiger partial charge in [-0.3, -0.25) is 9.89 Å². The van der Waals surface area contributed by atoms with Crippen LogP contribution in [0.4, 0.5) is 0 Å². The number of amides is 1. The first kappa shape index (κ1) is 15.7. The minimum Gasteiger partial charge on any atom is -0.337 e. The number of aromatic amines is 1. The molecule has 2 heterocycles. The average molecular weight is 312 g/mol. The Kier molecular flexibility index (Phi) is 4.48. The van der Waals surface area contributed by atoms with Crippen molar-refractivity contribution in [3.05, 3.63) is 41.6 Å². The number of rotatable bonds is 3. The van der Waals surface area contributed by atoms with E-state index in [1.165, 1.54) is 5.56 Å². The second-order valence-electron chi connectivity index (χ2n) is 6.52. The molecule has 1 unspecified atom stereocenters. The van der Waals surface area contributed by atoms with Crippen molar-refractivity contribution in [3.8, 4) is 11.3 Å². The van der Waals surface area contributed by atoms with Crippen LogP contribution in [-0.4, -0.2) is 40.1 Å². The summed E-state index contributed by atoms with van der Waals surface area (Å²) < 4.78 is 0. The zero-order valence-corrected chi connectivity index (χ0v) is 13.7. The Morgan fingerprint density at radius 1 is 1.30 bits per heavy atom. The Morgan fingerprint density at radius 2 is 1.96 bits per heavy atom. The van der Waals surface area contributed by atoms with Gasteiger partial charge in [-0.1, -0.05) is 29.8 Å². The number of carbonyl (C=O) groups is 1. The molecule has 5 heteroatoms. The first-order valence-electron chi connectivity index (χ1n) is 8.22. The van der Waals surface area contributed by atoms with Gasteiger partial charge < -0.3 is 10.6 Å². The van der Waals surface area contributed by atoms with Crippen molar-refractivity contribution in [1.29, 1.82) is 0 Å². The molecule has 122 valence electrons. The van der Waals surface area contributed by atoms with Gasteiger partial charge in [0.15, 0.2) is 0 Å². The molecule has 3 rings (SSSR count). The van der Waals surface area contributed by atoms with E-state index in [9.17, 15) is 4.79 Å². The molecular weight excluding hydrogens is 288 g/mol. The number of piperidine rings is 1. The maximum absolute atomic E-state index is 12.6. The second kappa shape index (κ2) is 6.54. The smallest absolute Gasteiger partial charge is 0.271 e. The Bertz CT molecular complexity index is 667. The van der Waals surface area contributed by atoms with Crippen LogP contribution in [0.25, 0.3) is 11.3 Å². The summed E-state index contributed by atoms with van der Waals surface area (Å²) in [5.74, 6) is 0.544. The molecule has 1 atom stereocenters. The van der Waals surface area contributed by atoms with Crippen molar-refractivity contribution in [3.63, 3.8) is 0 Å². The molecule has 5 nitrogen and oxygen atoms in total. The number of hydrogen-bond acceptors (Lipinski definition) is 3. The molecular formula is C18H24N4O. The van der Waals surface area contributed by atoms with E-state index in [0.717, 1.165) is 37.2 Å². The number of carbonyl (C=O) groups excluding carboxylic acids is 1. The SMILES string of the molecule is Cc1ccc(-c2cc(C(=O)N3CCC(C(C)N)CC3)[nH]n2)cc1. The third-order valence-corrected chi connectivity index (χ3v) is 4.73. The van der Waals surface area contributed by atoms with Gasteiger partial charge in [-0.05, 0) is 38.7 Å². The van der Waals surface area contributed by atoms with Gasteiger partial charge in [0.25, 0.3) is 5.91 Å². The van der Waals surface area contributed by atoms with Crippen LogP contribution >= 0.6 is 0 Å². The number of aromatic nitrogens is 2. The zero-order valence-electron chi connectivity index (χ0n) is 13.7. The van der Waals surface area contributed by atoms with Crippen LogP contribution in [-0.2, 0) is 0 Å². The summed E-state index contributed by atoms with van der Waals surface area (Å²) in [6, 6.07) is 10.2. The van der Waals surface area contributed by atoms with Crippen LogP contribution in [0, 0.1) is 12.8 Å². The molecule has 23 heavy (non-hydrogen) atoms. The average Bonchev–Trinajstić information content (AvgIpc) is 3.05. The second-order valence-corrected chi connectivity index (χ2v) is 6.52. The highest BCUT2D eigenvalue weighted by Gasteiger charge is 2.26. The van der Waals surface area contributed by atoms with Gasteiger partial charge in [0.05, 0.1) is 5.69 Å². The quantitative estimate of drug-likeness (QED) is 0.914. The summed E-state index contributed by atoms with van der Waals surface area (Å²) in [5.41, 5.74) is 9.54. The molecule has 0 saturated carbocycles. The van der Waals surface area contributed by atoms with Crippen LogP contribution in [0.2, 0.25) is 0 Å². The zero-order chi connectivity index (χ0) is 16.4. The molecule has 1 aliphatic heterocycles. The largest absolute Gasteiger partial charge is 0.337 e. The first-order valence-corrected chi connectivity index (χ1v) is 8.22. The lowest BCUT2D eigenvalue weighted by Gasteiger charge is -2.33.